The number of nitrogens with two attached hydrogens (primary N) is 1. The van der Waals surface area contributed by atoms with Crippen molar-refractivity contribution in [3.63, 3.8) is 0 Å². The summed E-state index contributed by atoms with van der Waals surface area (Å²) in [6, 6.07) is 2.96. The predicted octanol–water partition coefficient (Wildman–Crippen LogP) is 1.79. The summed E-state index contributed by atoms with van der Waals surface area (Å²) >= 11 is 0. The molecular weight excluding hydrogens is 247 g/mol. The first-order chi connectivity index (χ1) is 9.10. The van der Waals surface area contributed by atoms with Crippen molar-refractivity contribution in [1.29, 1.82) is 0 Å². The van der Waals surface area contributed by atoms with Crippen LogP contribution in [-0.2, 0) is 0 Å². The van der Waals surface area contributed by atoms with Crippen LogP contribution in [0.1, 0.15) is 18.0 Å². The van der Waals surface area contributed by atoms with Crippen LogP contribution in [0.25, 0.3) is 0 Å². The summed E-state index contributed by atoms with van der Waals surface area (Å²) in [5.74, 6) is 1.17. The van der Waals surface area contributed by atoms with E-state index >= 15 is 0 Å². The fourth-order valence-corrected chi connectivity index (χ4v) is 2.85. The van der Waals surface area contributed by atoms with Crippen molar-refractivity contribution in [3.8, 4) is 11.5 Å². The zero-order chi connectivity index (χ0) is 14.0. The molecule has 2 N–H and O–H groups in total. The molecule has 4 nitrogen and oxygen atoms in total. The second-order valence-electron chi connectivity index (χ2n) is 5.02. The van der Waals surface area contributed by atoms with Gasteiger partial charge in [-0.15, -0.1) is 0 Å². The molecule has 1 heterocycles. The van der Waals surface area contributed by atoms with Crippen LogP contribution in [0.2, 0.25) is 0 Å². The Hall–Kier alpha value is -1.33. The van der Waals surface area contributed by atoms with Crippen molar-refractivity contribution < 1.29 is 13.9 Å². The number of hydrogen-bond acceptors (Lipinski definition) is 4. The normalized spacial score (nSPS) is 23.6. The van der Waals surface area contributed by atoms with E-state index in [1.165, 1.54) is 12.1 Å². The van der Waals surface area contributed by atoms with E-state index in [4.69, 9.17) is 15.2 Å². The molecule has 19 heavy (non-hydrogen) atoms. The second kappa shape index (κ2) is 5.75. The Balaban J connectivity index is 2.43. The van der Waals surface area contributed by atoms with Gasteiger partial charge in [-0.1, -0.05) is 0 Å². The molecule has 1 aliphatic heterocycles. The molecule has 0 aliphatic carbocycles. The van der Waals surface area contributed by atoms with Gasteiger partial charge in [-0.3, -0.25) is 4.90 Å². The second-order valence-corrected chi connectivity index (χ2v) is 5.02. The Morgan fingerprint density at radius 2 is 1.89 bits per heavy atom. The van der Waals surface area contributed by atoms with Crippen LogP contribution in [-0.4, -0.2) is 39.3 Å². The smallest absolute Gasteiger partial charge is 0.130 e. The Morgan fingerprint density at radius 1 is 1.32 bits per heavy atom. The molecular formula is C14H21FN2O2. The molecule has 106 valence electrons. The van der Waals surface area contributed by atoms with Crippen LogP contribution in [0.3, 0.4) is 0 Å². The number of ether oxygens (including phenoxy) is 2. The molecule has 1 aliphatic rings. The van der Waals surface area contributed by atoms with Gasteiger partial charge in [0.2, 0.25) is 0 Å². The first kappa shape index (κ1) is 14.1. The lowest BCUT2D eigenvalue weighted by Crippen LogP contribution is -2.21. The number of benzene rings is 1. The number of hydrogen-bond donors (Lipinski definition) is 1. The molecule has 1 fully saturated rings. The van der Waals surface area contributed by atoms with E-state index in [0.717, 1.165) is 18.5 Å². The lowest BCUT2D eigenvalue weighted by atomic mass is 9.98. The summed E-state index contributed by atoms with van der Waals surface area (Å²) < 4.78 is 24.2. The highest BCUT2D eigenvalue weighted by Crippen LogP contribution is 2.43. The zero-order valence-corrected chi connectivity index (χ0v) is 11.6. The molecule has 1 aromatic carbocycles. The number of likely N-dealkylation sites (tertiary alicyclic amines) is 1. The molecule has 0 bridgehead atoms. The number of rotatable bonds is 4. The SMILES string of the molecule is COc1cc(F)cc(OC)c1C1CC(CN)CN1C. The van der Waals surface area contributed by atoms with Crippen LogP contribution in [0.15, 0.2) is 12.1 Å². The van der Waals surface area contributed by atoms with Gasteiger partial charge in [0.15, 0.2) is 0 Å². The molecule has 0 amide bonds. The quantitative estimate of drug-likeness (QED) is 0.904. The van der Waals surface area contributed by atoms with Crippen molar-refractivity contribution in [2.45, 2.75) is 12.5 Å². The number of halogens is 1. The van der Waals surface area contributed by atoms with Gasteiger partial charge in [0.1, 0.15) is 17.3 Å². The van der Waals surface area contributed by atoms with E-state index in [1.54, 1.807) is 14.2 Å². The first-order valence-electron chi connectivity index (χ1n) is 6.42. The average molecular weight is 268 g/mol. The fourth-order valence-electron chi connectivity index (χ4n) is 2.85. The van der Waals surface area contributed by atoms with Crippen molar-refractivity contribution >= 4 is 0 Å². The summed E-state index contributed by atoms with van der Waals surface area (Å²) in [7, 11) is 5.14. The zero-order valence-electron chi connectivity index (χ0n) is 11.6. The van der Waals surface area contributed by atoms with Crippen LogP contribution >= 0.6 is 0 Å². The van der Waals surface area contributed by atoms with E-state index in [0.29, 0.717) is 24.0 Å². The maximum Gasteiger partial charge on any atom is 0.130 e. The van der Waals surface area contributed by atoms with Crippen LogP contribution in [0.4, 0.5) is 4.39 Å². The van der Waals surface area contributed by atoms with Gasteiger partial charge >= 0.3 is 0 Å². The van der Waals surface area contributed by atoms with Gasteiger partial charge in [0.05, 0.1) is 19.8 Å². The largest absolute Gasteiger partial charge is 0.496 e. The third kappa shape index (κ3) is 2.67. The summed E-state index contributed by atoms with van der Waals surface area (Å²) in [5.41, 5.74) is 6.66. The predicted molar refractivity (Wildman–Crippen MR) is 72.0 cm³/mol. The summed E-state index contributed by atoms with van der Waals surface area (Å²) in [6.45, 7) is 1.59. The van der Waals surface area contributed by atoms with E-state index in [2.05, 4.69) is 4.90 Å². The van der Waals surface area contributed by atoms with E-state index < -0.39 is 0 Å². The maximum atomic E-state index is 13.5. The highest BCUT2D eigenvalue weighted by molar-refractivity contribution is 5.48. The fraction of sp³-hybridized carbons (Fsp3) is 0.571. The van der Waals surface area contributed by atoms with Crippen molar-refractivity contribution in [1.82, 2.24) is 4.90 Å². The summed E-state index contributed by atoms with van der Waals surface area (Å²) in [6.07, 6.45) is 0.936. The molecule has 2 unspecified atom stereocenters. The Kier molecular flexibility index (Phi) is 4.27. The molecule has 0 saturated carbocycles. The van der Waals surface area contributed by atoms with Gasteiger partial charge in [-0.25, -0.2) is 4.39 Å². The third-order valence-electron chi connectivity index (χ3n) is 3.81. The number of methoxy groups -OCH3 is 2. The minimum atomic E-state index is -0.353. The van der Waals surface area contributed by atoms with E-state index in [9.17, 15) is 4.39 Å². The maximum absolute atomic E-state index is 13.5. The average Bonchev–Trinajstić information content (AvgIpc) is 2.78. The van der Waals surface area contributed by atoms with Crippen LogP contribution in [0, 0.1) is 11.7 Å². The standard InChI is InChI=1S/C14H21FN2O2/c1-17-8-9(7-16)4-11(17)14-12(18-2)5-10(15)6-13(14)19-3/h5-6,9,11H,4,7-8,16H2,1-3H3. The van der Waals surface area contributed by atoms with Crippen LogP contribution < -0.4 is 15.2 Å². The van der Waals surface area contributed by atoms with Gasteiger partial charge in [0, 0.05) is 24.7 Å². The lowest BCUT2D eigenvalue weighted by molar-refractivity contribution is 0.290. The molecule has 1 aromatic rings. The first-order valence-corrected chi connectivity index (χ1v) is 6.42. The molecule has 2 atom stereocenters. The molecule has 0 spiro atoms. The minimum absolute atomic E-state index is 0.152. The molecule has 1 saturated heterocycles. The van der Waals surface area contributed by atoms with E-state index in [-0.39, 0.29) is 11.9 Å². The van der Waals surface area contributed by atoms with Gasteiger partial charge in [0.25, 0.3) is 0 Å². The number of nitrogens with zero attached hydrogens (tertiary/aromatic N) is 1. The van der Waals surface area contributed by atoms with Gasteiger partial charge in [-0.05, 0) is 25.9 Å². The third-order valence-corrected chi connectivity index (χ3v) is 3.81. The molecule has 2 rings (SSSR count). The molecule has 0 radical (unpaired) electrons. The Bertz CT molecular complexity index is 428. The summed E-state index contributed by atoms with van der Waals surface area (Å²) in [4.78, 5) is 2.22. The van der Waals surface area contributed by atoms with Crippen molar-refractivity contribution in [2.24, 2.45) is 11.7 Å². The highest BCUT2D eigenvalue weighted by Gasteiger charge is 2.34. The monoisotopic (exact) mass is 268 g/mol. The van der Waals surface area contributed by atoms with Crippen molar-refractivity contribution in [3.05, 3.63) is 23.5 Å². The summed E-state index contributed by atoms with van der Waals surface area (Å²) in [5, 5.41) is 0. The van der Waals surface area contributed by atoms with Gasteiger partial charge < -0.3 is 15.2 Å². The Morgan fingerprint density at radius 3 is 2.32 bits per heavy atom. The van der Waals surface area contributed by atoms with Crippen molar-refractivity contribution in [2.75, 3.05) is 34.4 Å². The van der Waals surface area contributed by atoms with Gasteiger partial charge in [-0.2, -0.15) is 0 Å². The molecule has 5 heteroatoms. The Labute approximate surface area is 113 Å². The topological polar surface area (TPSA) is 47.7 Å². The van der Waals surface area contributed by atoms with E-state index in [1.807, 2.05) is 7.05 Å². The molecule has 0 aromatic heterocycles. The highest BCUT2D eigenvalue weighted by atomic mass is 19.1. The lowest BCUT2D eigenvalue weighted by Gasteiger charge is -2.24. The van der Waals surface area contributed by atoms with Crippen LogP contribution in [0.5, 0.6) is 11.5 Å². The minimum Gasteiger partial charge on any atom is -0.496 e.